The molecule has 0 aromatic rings. The van der Waals surface area contributed by atoms with Crippen LogP contribution in [0.15, 0.2) is 0 Å². The zero-order valence-corrected chi connectivity index (χ0v) is 8.45. The molecule has 0 spiro atoms. The standard InChI is InChI=1S/Co.2HI.4H2O/h;2*1H;4*1H2/q+2;;;;;;/p-2. The van der Waals surface area contributed by atoms with E-state index in [4.69, 9.17) is 0 Å². The Labute approximate surface area is 70.3 Å². The summed E-state index contributed by atoms with van der Waals surface area (Å²) in [5.74, 6) is 0. The van der Waals surface area contributed by atoms with Crippen molar-refractivity contribution in [3.63, 3.8) is 0 Å². The van der Waals surface area contributed by atoms with Crippen molar-refractivity contribution in [2.24, 2.45) is 0 Å². The third-order valence-electron chi connectivity index (χ3n) is 0. The van der Waals surface area contributed by atoms with Crippen molar-refractivity contribution in [3.05, 3.63) is 0 Å². The first-order valence-corrected chi connectivity index (χ1v) is 6.97. The van der Waals surface area contributed by atoms with Crippen molar-refractivity contribution in [1.82, 2.24) is 0 Å². The Morgan fingerprint density at radius 3 is 0.714 bits per heavy atom. The Morgan fingerprint density at radius 2 is 0.714 bits per heavy atom. The fourth-order valence-corrected chi connectivity index (χ4v) is 0. The van der Waals surface area contributed by atoms with Gasteiger partial charge in [0.15, 0.2) is 0 Å². The summed E-state index contributed by atoms with van der Waals surface area (Å²) in [5, 5.41) is 0. The van der Waals surface area contributed by atoms with Crippen LogP contribution in [0.2, 0.25) is 0 Å². The maximum absolute atomic E-state index is 2.24. The molecule has 0 aliphatic heterocycles. The van der Waals surface area contributed by atoms with Crippen LogP contribution >= 0.6 is 40.8 Å². The number of hydrogen-bond acceptors (Lipinski definition) is 0. The fourth-order valence-electron chi connectivity index (χ4n) is 0. The predicted molar refractivity (Wildman–Crippen MR) is 42.5 cm³/mol. The molecule has 0 saturated heterocycles. The first-order chi connectivity index (χ1) is 1.41. The first-order valence-electron chi connectivity index (χ1n) is 0.252. The van der Waals surface area contributed by atoms with Gasteiger partial charge in [-0.25, -0.2) is 0 Å². The maximum atomic E-state index is 2.24. The normalized spacial score (nSPS) is 3.14. The Bertz CT molecular complexity index is 9.65. The summed E-state index contributed by atoms with van der Waals surface area (Å²) in [6.07, 6.45) is 0. The van der Waals surface area contributed by atoms with E-state index in [0.717, 1.165) is 0 Å². The van der Waals surface area contributed by atoms with Crippen LogP contribution in [0.25, 0.3) is 0 Å². The van der Waals surface area contributed by atoms with Crippen LogP contribution in [0.4, 0.5) is 0 Å². The molecule has 0 saturated carbocycles. The minimum atomic E-state index is 0. The van der Waals surface area contributed by atoms with Crippen molar-refractivity contribution in [2.75, 3.05) is 0 Å². The van der Waals surface area contributed by atoms with Crippen molar-refractivity contribution >= 4 is 40.8 Å². The van der Waals surface area contributed by atoms with Crippen LogP contribution in [-0.2, 0) is 8.26 Å². The molecule has 0 heterocycles. The molecule has 0 aliphatic rings. The summed E-state index contributed by atoms with van der Waals surface area (Å²) in [5.41, 5.74) is 0. The molecule has 4 nitrogen and oxygen atoms in total. The van der Waals surface area contributed by atoms with Crippen LogP contribution < -0.4 is 0 Å². The van der Waals surface area contributed by atoms with Crippen LogP contribution in [0.1, 0.15) is 0 Å². The van der Waals surface area contributed by atoms with Crippen LogP contribution in [0, 0.1) is 0 Å². The molecule has 0 bridgehead atoms. The molecule has 0 fully saturated rings. The molecule has 0 atom stereocenters. The van der Waals surface area contributed by atoms with Gasteiger partial charge in [0.25, 0.3) is 0 Å². The van der Waals surface area contributed by atoms with Crippen molar-refractivity contribution in [1.29, 1.82) is 0 Å². The fraction of sp³-hybridized carbons (Fsp3) is 0. The van der Waals surface area contributed by atoms with E-state index in [2.05, 4.69) is 40.8 Å². The summed E-state index contributed by atoms with van der Waals surface area (Å²) in [7, 11) is 1.38. The average Bonchev–Trinajstić information content (AvgIpc) is 0.918. The van der Waals surface area contributed by atoms with Crippen molar-refractivity contribution < 1.29 is 30.2 Å². The van der Waals surface area contributed by atoms with Crippen LogP contribution in [-0.4, -0.2) is 21.9 Å². The monoisotopic (exact) mass is 385 g/mol. The number of halogens is 2. The molecule has 0 aliphatic carbocycles. The van der Waals surface area contributed by atoms with Gasteiger partial charge in [-0.15, -0.1) is 0 Å². The first kappa shape index (κ1) is 37.0. The molecule has 8 N–H and O–H groups in total. The molecule has 55 valence electrons. The summed E-state index contributed by atoms with van der Waals surface area (Å²) in [6, 6.07) is 0. The van der Waals surface area contributed by atoms with Gasteiger partial charge in [0.2, 0.25) is 0 Å². The SMILES string of the molecule is O.O.O.O.[I][Co][I]. The molecule has 0 radical (unpaired) electrons. The van der Waals surface area contributed by atoms with E-state index < -0.39 is 0 Å². The predicted octanol–water partition coefficient (Wildman–Crippen LogP) is -1.53. The Balaban J connectivity index is -0.00000000333. The van der Waals surface area contributed by atoms with E-state index in [9.17, 15) is 0 Å². The summed E-state index contributed by atoms with van der Waals surface area (Å²) >= 11 is 4.49. The van der Waals surface area contributed by atoms with Crippen LogP contribution in [0.5, 0.6) is 0 Å². The van der Waals surface area contributed by atoms with Gasteiger partial charge in [0.1, 0.15) is 0 Å². The Hall–Kier alpha value is 1.81. The molecule has 0 aromatic heterocycles. The molecule has 0 unspecified atom stereocenters. The third kappa shape index (κ3) is 80.7. The van der Waals surface area contributed by atoms with Gasteiger partial charge >= 0.3 is 49.1 Å². The Morgan fingerprint density at radius 1 is 0.714 bits per heavy atom. The molecule has 7 heavy (non-hydrogen) atoms. The molecule has 0 rings (SSSR count). The molecule has 0 aromatic carbocycles. The second kappa shape index (κ2) is 45.9. The quantitative estimate of drug-likeness (QED) is 0.449. The Kier molecular flexibility index (Phi) is 243. The van der Waals surface area contributed by atoms with E-state index in [1.807, 2.05) is 0 Å². The molecule has 0 amide bonds. The van der Waals surface area contributed by atoms with Gasteiger partial charge in [-0.3, -0.25) is 0 Å². The van der Waals surface area contributed by atoms with Crippen LogP contribution in [0.3, 0.4) is 0 Å². The van der Waals surface area contributed by atoms with Gasteiger partial charge in [0, 0.05) is 0 Å². The number of hydrogen-bond donors (Lipinski definition) is 0. The average molecular weight is 385 g/mol. The van der Waals surface area contributed by atoms with Gasteiger partial charge in [-0.1, -0.05) is 0 Å². The zero-order chi connectivity index (χ0) is 2.71. The van der Waals surface area contributed by atoms with Gasteiger partial charge in [-0.05, 0) is 0 Å². The topological polar surface area (TPSA) is 126 Å². The summed E-state index contributed by atoms with van der Waals surface area (Å²) in [4.78, 5) is 0. The second-order valence-corrected chi connectivity index (χ2v) is 8.84. The van der Waals surface area contributed by atoms with E-state index in [-0.39, 0.29) is 21.9 Å². The number of rotatable bonds is 0. The van der Waals surface area contributed by atoms with Crippen molar-refractivity contribution in [3.8, 4) is 0 Å². The van der Waals surface area contributed by atoms with E-state index in [1.165, 1.54) is 8.26 Å². The van der Waals surface area contributed by atoms with Gasteiger partial charge in [0.05, 0.1) is 0 Å². The molecular formula is H8CoI2O4. The van der Waals surface area contributed by atoms with Crippen molar-refractivity contribution in [2.45, 2.75) is 0 Å². The summed E-state index contributed by atoms with van der Waals surface area (Å²) < 4.78 is 0. The van der Waals surface area contributed by atoms with E-state index in [1.54, 1.807) is 0 Å². The molecule has 7 heteroatoms. The van der Waals surface area contributed by atoms with Gasteiger partial charge in [-0.2, -0.15) is 0 Å². The van der Waals surface area contributed by atoms with E-state index >= 15 is 0 Å². The second-order valence-electron chi connectivity index (χ2n) is 0.0476. The third-order valence-corrected chi connectivity index (χ3v) is 0. The van der Waals surface area contributed by atoms with Gasteiger partial charge < -0.3 is 21.9 Å². The summed E-state index contributed by atoms with van der Waals surface area (Å²) in [6.45, 7) is 0. The van der Waals surface area contributed by atoms with E-state index in [0.29, 0.717) is 0 Å². The zero-order valence-electron chi connectivity index (χ0n) is 3.09. The minimum absolute atomic E-state index is 0. The molecular weight excluding hydrogens is 377 g/mol.